The van der Waals surface area contributed by atoms with E-state index in [1.807, 2.05) is 0 Å². The van der Waals surface area contributed by atoms with Crippen molar-refractivity contribution < 1.29 is 37.3 Å². The Balaban J connectivity index is 2.07. The van der Waals surface area contributed by atoms with Crippen molar-refractivity contribution in [1.29, 1.82) is 0 Å². The maximum absolute atomic E-state index is 12.3. The second kappa shape index (κ2) is 9.23. The molecule has 2 aromatic carbocycles. The highest BCUT2D eigenvalue weighted by Crippen LogP contribution is 2.20. The molecule has 9 heteroatoms. The molecule has 150 valence electrons. The van der Waals surface area contributed by atoms with Gasteiger partial charge in [0.15, 0.2) is 6.61 Å². The number of amides is 1. The number of carbonyl (C=O) groups excluding carboxylic acids is 1. The maximum atomic E-state index is 12.3. The molecule has 0 fully saturated rings. The lowest BCUT2D eigenvalue weighted by molar-refractivity contribution is -0.153. The van der Waals surface area contributed by atoms with Crippen molar-refractivity contribution in [2.24, 2.45) is 0 Å². The highest BCUT2D eigenvalue weighted by molar-refractivity contribution is 5.95. The largest absolute Gasteiger partial charge is 0.484 e. The van der Waals surface area contributed by atoms with Crippen molar-refractivity contribution in [2.45, 2.75) is 19.2 Å². The molecule has 0 atom stereocenters. The van der Waals surface area contributed by atoms with Gasteiger partial charge in [-0.2, -0.15) is 13.2 Å². The lowest BCUT2D eigenvalue weighted by Crippen LogP contribution is -2.19. The number of nitrogens with one attached hydrogen (secondary N) is 1. The quantitative estimate of drug-likeness (QED) is 0.710. The fraction of sp³-hybridized carbons (Fsp3) is 0.263. The van der Waals surface area contributed by atoms with Crippen LogP contribution in [0.3, 0.4) is 0 Å². The highest BCUT2D eigenvalue weighted by Gasteiger charge is 2.28. The average molecular weight is 397 g/mol. The Morgan fingerprint density at radius 3 is 2.50 bits per heavy atom. The molecule has 0 saturated carbocycles. The molecule has 1 amide bonds. The van der Waals surface area contributed by atoms with Crippen LogP contribution in [0.4, 0.5) is 18.9 Å². The molecule has 0 unspecified atom stereocenters. The van der Waals surface area contributed by atoms with Crippen molar-refractivity contribution in [3.63, 3.8) is 0 Å². The molecular formula is C19H18F3NO5. The summed E-state index contributed by atoms with van der Waals surface area (Å²) in [4.78, 5) is 23.5. The van der Waals surface area contributed by atoms with Gasteiger partial charge >= 0.3 is 12.1 Å². The van der Waals surface area contributed by atoms with Gasteiger partial charge in [0.05, 0.1) is 18.6 Å². The summed E-state index contributed by atoms with van der Waals surface area (Å²) in [6.07, 6.45) is -4.58. The number of anilines is 1. The first-order valence-electron chi connectivity index (χ1n) is 8.11. The number of ether oxygens (including phenoxy) is 2. The molecule has 0 aliphatic heterocycles. The van der Waals surface area contributed by atoms with E-state index in [2.05, 4.69) is 10.1 Å². The molecule has 0 aromatic heterocycles. The molecule has 0 aliphatic rings. The molecule has 0 saturated heterocycles. The zero-order valence-electron chi connectivity index (χ0n) is 14.9. The molecule has 6 nitrogen and oxygen atoms in total. The number of benzene rings is 2. The van der Waals surface area contributed by atoms with Crippen molar-refractivity contribution in [3.05, 3.63) is 59.2 Å². The predicted octanol–water partition coefficient (Wildman–Crippen LogP) is 3.65. The number of halogens is 3. The number of hydrogen-bond donors (Lipinski definition) is 2. The Morgan fingerprint density at radius 2 is 1.86 bits per heavy atom. The number of carboxylic acid groups (broad SMARTS) is 1. The normalized spacial score (nSPS) is 11.1. The molecule has 0 bridgehead atoms. The molecule has 2 N–H and O–H groups in total. The Bertz CT molecular complexity index is 852. The molecule has 28 heavy (non-hydrogen) atoms. The molecule has 2 rings (SSSR count). The number of hydrogen-bond acceptors (Lipinski definition) is 4. The minimum absolute atomic E-state index is 0.00196. The monoisotopic (exact) mass is 397 g/mol. The van der Waals surface area contributed by atoms with Gasteiger partial charge in [-0.25, -0.2) is 4.79 Å². The van der Waals surface area contributed by atoms with Crippen LogP contribution in [0.5, 0.6) is 5.75 Å². The van der Waals surface area contributed by atoms with Crippen LogP contribution in [-0.2, 0) is 22.6 Å². The topological polar surface area (TPSA) is 84.9 Å². The summed E-state index contributed by atoms with van der Waals surface area (Å²) in [5.41, 5.74) is 1.29. The van der Waals surface area contributed by atoms with Gasteiger partial charge in [-0.1, -0.05) is 12.1 Å². The number of methoxy groups -OCH3 is 1. The minimum Gasteiger partial charge on any atom is -0.484 e. The maximum Gasteiger partial charge on any atom is 0.422 e. The van der Waals surface area contributed by atoms with Crippen molar-refractivity contribution in [1.82, 2.24) is 0 Å². The first-order valence-corrected chi connectivity index (χ1v) is 8.11. The summed E-state index contributed by atoms with van der Waals surface area (Å²) in [6, 6.07) is 10.1. The van der Waals surface area contributed by atoms with E-state index >= 15 is 0 Å². The summed E-state index contributed by atoms with van der Waals surface area (Å²) >= 11 is 0. The van der Waals surface area contributed by atoms with E-state index in [0.717, 1.165) is 0 Å². The summed E-state index contributed by atoms with van der Waals surface area (Å²) in [5, 5.41) is 11.7. The van der Waals surface area contributed by atoms with Crippen LogP contribution in [-0.4, -0.2) is 36.9 Å². The summed E-state index contributed by atoms with van der Waals surface area (Å²) in [7, 11) is 1.46. The Hall–Kier alpha value is -3.07. The van der Waals surface area contributed by atoms with E-state index in [-0.39, 0.29) is 30.0 Å². The van der Waals surface area contributed by atoms with Gasteiger partial charge in [-0.3, -0.25) is 4.79 Å². The van der Waals surface area contributed by atoms with Crippen LogP contribution in [0.15, 0.2) is 42.5 Å². The third-order valence-corrected chi connectivity index (χ3v) is 3.50. The lowest BCUT2D eigenvalue weighted by atomic mass is 10.1. The number of rotatable bonds is 8. The highest BCUT2D eigenvalue weighted by atomic mass is 19.4. The molecular weight excluding hydrogens is 379 g/mol. The van der Waals surface area contributed by atoms with Gasteiger partial charge in [-0.15, -0.1) is 0 Å². The fourth-order valence-corrected chi connectivity index (χ4v) is 2.44. The van der Waals surface area contributed by atoms with Crippen LogP contribution in [0, 0.1) is 0 Å². The number of alkyl halides is 3. The lowest BCUT2D eigenvalue weighted by Gasteiger charge is -2.11. The van der Waals surface area contributed by atoms with E-state index in [4.69, 9.17) is 9.84 Å². The molecule has 0 heterocycles. The van der Waals surface area contributed by atoms with Gasteiger partial charge in [0.2, 0.25) is 5.91 Å². The average Bonchev–Trinajstić information content (AvgIpc) is 2.59. The van der Waals surface area contributed by atoms with Crippen molar-refractivity contribution in [3.8, 4) is 5.75 Å². The Labute approximate surface area is 158 Å². The summed E-state index contributed by atoms with van der Waals surface area (Å²) < 4.78 is 46.3. The smallest absolute Gasteiger partial charge is 0.422 e. The van der Waals surface area contributed by atoms with Gasteiger partial charge in [0.25, 0.3) is 0 Å². The van der Waals surface area contributed by atoms with E-state index in [1.165, 1.54) is 37.4 Å². The Morgan fingerprint density at radius 1 is 1.11 bits per heavy atom. The van der Waals surface area contributed by atoms with Crippen molar-refractivity contribution in [2.75, 3.05) is 19.0 Å². The molecule has 0 radical (unpaired) electrons. The molecule has 0 spiro atoms. The first kappa shape index (κ1) is 21.2. The SMILES string of the molecule is COCc1cc(NC(=O)Cc2cccc(OCC(F)(F)F)c2)cc(C(=O)O)c1. The van der Waals surface area contributed by atoms with Crippen LogP contribution in [0.25, 0.3) is 0 Å². The second-order valence-corrected chi connectivity index (χ2v) is 5.93. The standard InChI is InChI=1S/C19H18F3NO5/c1-27-10-13-5-14(18(25)26)9-15(6-13)23-17(24)8-12-3-2-4-16(7-12)28-11-19(20,21)22/h2-7,9H,8,10-11H2,1H3,(H,23,24)(H,25,26). The zero-order chi connectivity index (χ0) is 20.7. The second-order valence-electron chi connectivity index (χ2n) is 5.93. The summed E-state index contributed by atoms with van der Waals surface area (Å²) in [6.45, 7) is -1.25. The third-order valence-electron chi connectivity index (χ3n) is 3.50. The van der Waals surface area contributed by atoms with Gasteiger partial charge in [0, 0.05) is 12.8 Å². The molecule has 2 aromatic rings. The number of carbonyl (C=O) groups is 2. The number of carboxylic acids is 1. The third kappa shape index (κ3) is 6.92. The van der Waals surface area contributed by atoms with E-state index in [1.54, 1.807) is 12.1 Å². The van der Waals surface area contributed by atoms with E-state index in [9.17, 15) is 22.8 Å². The van der Waals surface area contributed by atoms with Crippen LogP contribution < -0.4 is 10.1 Å². The minimum atomic E-state index is -4.46. The fourth-order valence-electron chi connectivity index (χ4n) is 2.44. The van der Waals surface area contributed by atoms with Crippen LogP contribution >= 0.6 is 0 Å². The van der Waals surface area contributed by atoms with Crippen molar-refractivity contribution >= 4 is 17.6 Å². The van der Waals surface area contributed by atoms with Gasteiger partial charge < -0.3 is 19.9 Å². The number of aromatic carboxylic acids is 1. The predicted molar refractivity (Wildman–Crippen MR) is 94.4 cm³/mol. The zero-order valence-corrected chi connectivity index (χ0v) is 14.9. The first-order chi connectivity index (χ1) is 13.2. The Kier molecular flexibility index (Phi) is 7.00. The van der Waals surface area contributed by atoms with Gasteiger partial charge in [-0.05, 0) is 41.5 Å². The van der Waals surface area contributed by atoms with Crippen LogP contribution in [0.1, 0.15) is 21.5 Å². The van der Waals surface area contributed by atoms with E-state index in [0.29, 0.717) is 11.1 Å². The summed E-state index contributed by atoms with van der Waals surface area (Å²) in [5.74, 6) is -1.61. The van der Waals surface area contributed by atoms with Gasteiger partial charge in [0.1, 0.15) is 5.75 Å². The van der Waals surface area contributed by atoms with Crippen LogP contribution in [0.2, 0.25) is 0 Å². The molecule has 0 aliphatic carbocycles. The van der Waals surface area contributed by atoms with E-state index < -0.39 is 24.7 Å².